The average Bonchev–Trinajstić information content (AvgIpc) is 3.40. The van der Waals surface area contributed by atoms with E-state index in [1.165, 1.54) is 84.1 Å². The summed E-state index contributed by atoms with van der Waals surface area (Å²) in [6.45, 7) is 4.34. The topological polar surface area (TPSA) is 0 Å². The molecular weight excluding hydrogens is 473 g/mol. The highest BCUT2D eigenvalue weighted by Gasteiger charge is 2.10. The van der Waals surface area contributed by atoms with E-state index >= 15 is 0 Å². The lowest BCUT2D eigenvalue weighted by Crippen LogP contribution is -1.81. The van der Waals surface area contributed by atoms with Crippen molar-refractivity contribution >= 4 is 84.6 Å². The van der Waals surface area contributed by atoms with E-state index < -0.39 is 0 Å². The second-order valence-corrected chi connectivity index (χ2v) is 12.2. The molecule has 170 valence electrons. The van der Waals surface area contributed by atoms with Gasteiger partial charge in [-0.3, -0.25) is 0 Å². The standard InChI is InChI=1S/C34H22S2/c1-19-3-9-27-29-15-23-7-5-21(13-25(23)17-33(29)35-31(27)11-19)22-6-8-24-16-30-28-10-4-20(2)12-32(28)36-34(30)18-26(24)14-22/h3-18H,1-2H3. The fourth-order valence-electron chi connectivity index (χ4n) is 5.61. The summed E-state index contributed by atoms with van der Waals surface area (Å²) in [5.41, 5.74) is 5.18. The molecule has 0 saturated carbocycles. The van der Waals surface area contributed by atoms with Crippen LogP contribution in [0.2, 0.25) is 0 Å². The third-order valence-corrected chi connectivity index (χ3v) is 9.74. The Labute approximate surface area is 217 Å². The van der Waals surface area contributed by atoms with Gasteiger partial charge < -0.3 is 0 Å². The SMILES string of the molecule is Cc1ccc2c(c1)sc1cc3cc(-c4ccc5cc6c(cc5c4)sc4cc(C)ccc46)ccc3cc12. The summed E-state index contributed by atoms with van der Waals surface area (Å²) in [6, 6.07) is 36.9. The molecular formula is C34H22S2. The second-order valence-electron chi connectivity index (χ2n) is 10.0. The van der Waals surface area contributed by atoms with E-state index in [0.29, 0.717) is 0 Å². The number of rotatable bonds is 1. The van der Waals surface area contributed by atoms with Crippen molar-refractivity contribution in [2.75, 3.05) is 0 Å². The molecule has 8 rings (SSSR count). The smallest absolute Gasteiger partial charge is 0.0361 e. The summed E-state index contributed by atoms with van der Waals surface area (Å²) >= 11 is 3.80. The summed E-state index contributed by atoms with van der Waals surface area (Å²) in [4.78, 5) is 0. The molecule has 0 radical (unpaired) electrons. The van der Waals surface area contributed by atoms with Gasteiger partial charge in [-0.05, 0) is 106 Å². The number of fused-ring (bicyclic) bond motifs is 8. The van der Waals surface area contributed by atoms with Gasteiger partial charge >= 0.3 is 0 Å². The van der Waals surface area contributed by atoms with Gasteiger partial charge in [-0.15, -0.1) is 22.7 Å². The first-order valence-corrected chi connectivity index (χ1v) is 14.0. The van der Waals surface area contributed by atoms with Crippen LogP contribution >= 0.6 is 22.7 Å². The van der Waals surface area contributed by atoms with Crippen molar-refractivity contribution in [3.8, 4) is 11.1 Å². The maximum Gasteiger partial charge on any atom is 0.0361 e. The molecule has 0 aliphatic rings. The van der Waals surface area contributed by atoms with Crippen LogP contribution < -0.4 is 0 Å². The van der Waals surface area contributed by atoms with Gasteiger partial charge in [0.05, 0.1) is 0 Å². The van der Waals surface area contributed by atoms with Crippen LogP contribution in [0.15, 0.2) is 97.1 Å². The Bertz CT molecular complexity index is 2010. The van der Waals surface area contributed by atoms with Crippen molar-refractivity contribution in [2.45, 2.75) is 13.8 Å². The first-order valence-electron chi connectivity index (χ1n) is 12.3. The Kier molecular flexibility index (Phi) is 4.20. The van der Waals surface area contributed by atoms with Crippen LogP contribution in [0.1, 0.15) is 11.1 Å². The molecule has 0 bridgehead atoms. The largest absolute Gasteiger partial charge is 0.135 e. The summed E-state index contributed by atoms with van der Waals surface area (Å²) in [5.74, 6) is 0. The van der Waals surface area contributed by atoms with Crippen molar-refractivity contribution in [3.05, 3.63) is 108 Å². The third-order valence-electron chi connectivity index (χ3n) is 7.51. The summed E-state index contributed by atoms with van der Waals surface area (Å²) in [5, 5.41) is 10.7. The predicted octanol–water partition coefficient (Wildman–Crippen LogP) is 11.0. The maximum absolute atomic E-state index is 2.37. The van der Waals surface area contributed by atoms with E-state index in [1.54, 1.807) is 0 Å². The number of benzene rings is 6. The number of thiophene rings is 2. The van der Waals surface area contributed by atoms with E-state index in [0.717, 1.165) is 0 Å². The molecule has 0 fully saturated rings. The lowest BCUT2D eigenvalue weighted by Gasteiger charge is -2.07. The van der Waals surface area contributed by atoms with Crippen LogP contribution in [0.25, 0.3) is 73.0 Å². The fourth-order valence-corrected chi connectivity index (χ4v) is 8.08. The van der Waals surface area contributed by atoms with Crippen molar-refractivity contribution in [1.29, 1.82) is 0 Å². The molecule has 2 aromatic heterocycles. The zero-order chi connectivity index (χ0) is 24.0. The molecule has 0 nitrogen and oxygen atoms in total. The Morgan fingerprint density at radius 1 is 0.361 bits per heavy atom. The van der Waals surface area contributed by atoms with Gasteiger partial charge in [0.25, 0.3) is 0 Å². The summed E-state index contributed by atoms with van der Waals surface area (Å²) in [6.07, 6.45) is 0. The minimum absolute atomic E-state index is 1.27. The molecule has 2 heteroatoms. The lowest BCUT2D eigenvalue weighted by atomic mass is 9.97. The zero-order valence-corrected chi connectivity index (χ0v) is 21.7. The van der Waals surface area contributed by atoms with Gasteiger partial charge in [0.2, 0.25) is 0 Å². The van der Waals surface area contributed by atoms with Crippen LogP contribution in [-0.2, 0) is 0 Å². The highest BCUT2D eigenvalue weighted by atomic mass is 32.1. The van der Waals surface area contributed by atoms with Gasteiger partial charge in [0.15, 0.2) is 0 Å². The second kappa shape index (κ2) is 7.39. The molecule has 0 N–H and O–H groups in total. The summed E-state index contributed by atoms with van der Waals surface area (Å²) < 4.78 is 5.47. The third kappa shape index (κ3) is 3.05. The van der Waals surface area contributed by atoms with Gasteiger partial charge in [-0.1, -0.05) is 48.5 Å². The van der Waals surface area contributed by atoms with Crippen LogP contribution in [-0.4, -0.2) is 0 Å². The van der Waals surface area contributed by atoms with E-state index in [4.69, 9.17) is 0 Å². The minimum atomic E-state index is 1.27. The predicted molar refractivity (Wildman–Crippen MR) is 162 cm³/mol. The highest BCUT2D eigenvalue weighted by Crippen LogP contribution is 2.40. The molecule has 36 heavy (non-hydrogen) atoms. The maximum atomic E-state index is 2.37. The molecule has 0 saturated heterocycles. The first kappa shape index (κ1) is 20.5. The normalized spacial score (nSPS) is 12.2. The van der Waals surface area contributed by atoms with E-state index in [-0.39, 0.29) is 0 Å². The van der Waals surface area contributed by atoms with Crippen molar-refractivity contribution in [2.24, 2.45) is 0 Å². The number of hydrogen-bond acceptors (Lipinski definition) is 2. The van der Waals surface area contributed by atoms with Crippen LogP contribution in [0.3, 0.4) is 0 Å². The van der Waals surface area contributed by atoms with E-state index in [1.807, 2.05) is 22.7 Å². The van der Waals surface area contributed by atoms with Crippen LogP contribution in [0.4, 0.5) is 0 Å². The fraction of sp³-hybridized carbons (Fsp3) is 0.0588. The van der Waals surface area contributed by atoms with Gasteiger partial charge in [-0.25, -0.2) is 0 Å². The Morgan fingerprint density at radius 3 is 1.28 bits per heavy atom. The molecule has 0 spiro atoms. The lowest BCUT2D eigenvalue weighted by molar-refractivity contribution is 1.52. The van der Waals surface area contributed by atoms with Crippen molar-refractivity contribution in [1.82, 2.24) is 0 Å². The number of aryl methyl sites for hydroxylation is 2. The molecule has 0 aliphatic carbocycles. The van der Waals surface area contributed by atoms with Crippen molar-refractivity contribution in [3.63, 3.8) is 0 Å². The Hall–Kier alpha value is -3.72. The average molecular weight is 495 g/mol. The van der Waals surface area contributed by atoms with Crippen LogP contribution in [0, 0.1) is 13.8 Å². The number of hydrogen-bond donors (Lipinski definition) is 0. The zero-order valence-electron chi connectivity index (χ0n) is 20.1. The molecule has 0 aliphatic heterocycles. The van der Waals surface area contributed by atoms with E-state index in [9.17, 15) is 0 Å². The van der Waals surface area contributed by atoms with Gasteiger partial charge in [-0.2, -0.15) is 0 Å². The van der Waals surface area contributed by atoms with Gasteiger partial charge in [0.1, 0.15) is 0 Å². The minimum Gasteiger partial charge on any atom is -0.135 e. The first-order chi connectivity index (χ1) is 17.6. The molecule has 8 aromatic rings. The van der Waals surface area contributed by atoms with Crippen LogP contribution in [0.5, 0.6) is 0 Å². The van der Waals surface area contributed by atoms with Gasteiger partial charge in [0, 0.05) is 40.3 Å². The Morgan fingerprint density at radius 2 is 0.806 bits per heavy atom. The molecule has 0 amide bonds. The highest BCUT2D eigenvalue weighted by molar-refractivity contribution is 7.26. The van der Waals surface area contributed by atoms with Crippen molar-refractivity contribution < 1.29 is 0 Å². The van der Waals surface area contributed by atoms with E-state index in [2.05, 4.69) is 111 Å². The Balaban J connectivity index is 1.28. The summed E-state index contributed by atoms with van der Waals surface area (Å²) in [7, 11) is 0. The molecule has 0 atom stereocenters. The molecule has 6 aromatic carbocycles. The molecule has 2 heterocycles. The monoisotopic (exact) mass is 494 g/mol. The quantitative estimate of drug-likeness (QED) is 0.213. The molecule has 0 unspecified atom stereocenters.